The Morgan fingerprint density at radius 1 is 1.10 bits per heavy atom. The Labute approximate surface area is 169 Å². The molecule has 4 aromatic rings. The summed E-state index contributed by atoms with van der Waals surface area (Å²) in [5.74, 6) is 1.42. The second-order valence-corrected chi connectivity index (χ2v) is 7.81. The highest BCUT2D eigenvalue weighted by Gasteiger charge is 2.28. The van der Waals surface area contributed by atoms with Gasteiger partial charge < -0.3 is 9.42 Å². The number of benzene rings is 1. The van der Waals surface area contributed by atoms with Gasteiger partial charge in [0.2, 0.25) is 5.82 Å². The van der Waals surface area contributed by atoms with E-state index in [-0.39, 0.29) is 0 Å². The van der Waals surface area contributed by atoms with E-state index in [9.17, 15) is 0 Å². The van der Waals surface area contributed by atoms with Crippen molar-refractivity contribution in [2.45, 2.75) is 25.9 Å². The van der Waals surface area contributed by atoms with Gasteiger partial charge in [0.1, 0.15) is 0 Å². The zero-order chi connectivity index (χ0) is 20.0. The van der Waals surface area contributed by atoms with Crippen LogP contribution in [0, 0.1) is 0 Å². The second kappa shape index (κ2) is 6.93. The number of hydrogen-bond donors (Lipinski definition) is 0. The second-order valence-electron chi connectivity index (χ2n) is 7.81. The van der Waals surface area contributed by atoms with Crippen molar-refractivity contribution < 1.29 is 4.52 Å². The Balaban J connectivity index is 1.50. The van der Waals surface area contributed by atoms with E-state index < -0.39 is 0 Å². The van der Waals surface area contributed by atoms with Gasteiger partial charge in [0, 0.05) is 42.5 Å². The minimum atomic E-state index is 0.359. The third-order valence-corrected chi connectivity index (χ3v) is 5.29. The summed E-state index contributed by atoms with van der Waals surface area (Å²) in [4.78, 5) is 11.1. The molecule has 0 radical (unpaired) electrons. The largest absolute Gasteiger partial charge is 0.333 e. The molecule has 7 heteroatoms. The fraction of sp³-hybridized carbons (Fsp3) is 0.273. The fourth-order valence-corrected chi connectivity index (χ4v) is 3.91. The highest BCUT2D eigenvalue weighted by Crippen LogP contribution is 2.40. The lowest BCUT2D eigenvalue weighted by atomic mass is 9.91. The standard InChI is InChI=1S/C22H22N6O/c1-14-12-28-20(17-8-9-23-10-18(14)17)19(11-24-28)22-25-21(26-29-22)16-6-4-15(5-7-16)13-27(2)3/h4-11,14H,12-13H2,1-3H3. The zero-order valence-corrected chi connectivity index (χ0v) is 16.7. The molecule has 29 heavy (non-hydrogen) atoms. The topological polar surface area (TPSA) is 72.9 Å². The summed E-state index contributed by atoms with van der Waals surface area (Å²) in [5, 5.41) is 8.77. The lowest BCUT2D eigenvalue weighted by molar-refractivity contribution is 0.402. The number of aromatic nitrogens is 5. The predicted molar refractivity (Wildman–Crippen MR) is 110 cm³/mol. The van der Waals surface area contributed by atoms with Crippen LogP contribution in [0.1, 0.15) is 24.0 Å². The Bertz CT molecular complexity index is 1160. The first kappa shape index (κ1) is 17.8. The van der Waals surface area contributed by atoms with Gasteiger partial charge in [-0.2, -0.15) is 10.1 Å². The van der Waals surface area contributed by atoms with E-state index in [0.29, 0.717) is 17.6 Å². The molecule has 0 saturated carbocycles. The van der Waals surface area contributed by atoms with Crippen molar-refractivity contribution in [1.29, 1.82) is 0 Å². The third-order valence-electron chi connectivity index (χ3n) is 5.29. The minimum absolute atomic E-state index is 0.359. The fourth-order valence-electron chi connectivity index (χ4n) is 3.91. The number of nitrogens with zero attached hydrogens (tertiary/aromatic N) is 6. The van der Waals surface area contributed by atoms with Gasteiger partial charge in [0.15, 0.2) is 0 Å². The minimum Gasteiger partial charge on any atom is -0.333 e. The molecule has 1 aliphatic heterocycles. The van der Waals surface area contributed by atoms with Crippen LogP contribution < -0.4 is 0 Å². The van der Waals surface area contributed by atoms with Crippen molar-refractivity contribution in [2.24, 2.45) is 0 Å². The van der Waals surface area contributed by atoms with Crippen LogP contribution in [0.5, 0.6) is 0 Å². The van der Waals surface area contributed by atoms with Crippen LogP contribution in [-0.4, -0.2) is 43.9 Å². The average Bonchev–Trinajstić information content (AvgIpc) is 3.35. The van der Waals surface area contributed by atoms with Crippen molar-refractivity contribution in [3.05, 3.63) is 60.0 Å². The Morgan fingerprint density at radius 2 is 1.93 bits per heavy atom. The lowest BCUT2D eigenvalue weighted by Crippen LogP contribution is -2.16. The predicted octanol–water partition coefficient (Wildman–Crippen LogP) is 3.84. The van der Waals surface area contributed by atoms with Crippen molar-refractivity contribution in [3.63, 3.8) is 0 Å². The van der Waals surface area contributed by atoms with Gasteiger partial charge in [0.05, 0.1) is 17.5 Å². The summed E-state index contributed by atoms with van der Waals surface area (Å²) in [7, 11) is 4.11. The monoisotopic (exact) mass is 386 g/mol. The van der Waals surface area contributed by atoms with Gasteiger partial charge in [0.25, 0.3) is 5.89 Å². The summed E-state index contributed by atoms with van der Waals surface area (Å²) in [6.45, 7) is 3.89. The van der Waals surface area contributed by atoms with Gasteiger partial charge >= 0.3 is 0 Å². The number of pyridine rings is 1. The van der Waals surface area contributed by atoms with Crippen LogP contribution in [0.4, 0.5) is 0 Å². The van der Waals surface area contributed by atoms with Gasteiger partial charge in [-0.1, -0.05) is 36.3 Å². The zero-order valence-electron chi connectivity index (χ0n) is 16.7. The highest BCUT2D eigenvalue weighted by atomic mass is 16.5. The van der Waals surface area contributed by atoms with E-state index in [1.54, 1.807) is 0 Å². The maximum Gasteiger partial charge on any atom is 0.262 e. The summed E-state index contributed by atoms with van der Waals surface area (Å²) in [6.07, 6.45) is 5.57. The van der Waals surface area contributed by atoms with Crippen LogP contribution >= 0.6 is 0 Å². The Kier molecular flexibility index (Phi) is 4.24. The molecule has 1 aliphatic rings. The quantitative estimate of drug-likeness (QED) is 0.531. The van der Waals surface area contributed by atoms with Crippen molar-refractivity contribution in [3.8, 4) is 34.1 Å². The molecule has 1 unspecified atom stereocenters. The smallest absolute Gasteiger partial charge is 0.262 e. The number of rotatable bonds is 4. The molecular formula is C22H22N6O. The maximum absolute atomic E-state index is 5.63. The van der Waals surface area contributed by atoms with Gasteiger partial charge in [-0.05, 0) is 31.3 Å². The van der Waals surface area contributed by atoms with Crippen LogP contribution in [0.2, 0.25) is 0 Å². The molecule has 0 amide bonds. The lowest BCUT2D eigenvalue weighted by Gasteiger charge is -2.23. The number of fused-ring (bicyclic) bond motifs is 3. The molecule has 0 spiro atoms. The normalized spacial score (nSPS) is 15.4. The van der Waals surface area contributed by atoms with Crippen molar-refractivity contribution in [2.75, 3.05) is 14.1 Å². The van der Waals surface area contributed by atoms with Gasteiger partial charge in [-0.15, -0.1) is 0 Å². The molecular weight excluding hydrogens is 364 g/mol. The summed E-state index contributed by atoms with van der Waals surface area (Å²) >= 11 is 0. The first-order valence-corrected chi connectivity index (χ1v) is 9.68. The molecule has 1 atom stereocenters. The molecule has 7 nitrogen and oxygen atoms in total. The average molecular weight is 386 g/mol. The highest BCUT2D eigenvalue weighted by molar-refractivity contribution is 5.80. The molecule has 0 aliphatic carbocycles. The van der Waals surface area contributed by atoms with E-state index in [1.807, 2.05) is 41.5 Å². The van der Waals surface area contributed by atoms with Crippen LogP contribution in [-0.2, 0) is 13.1 Å². The van der Waals surface area contributed by atoms with E-state index in [2.05, 4.69) is 58.3 Å². The SMILES string of the molecule is CC1Cn2ncc(-c3nc(-c4ccc(CN(C)C)cc4)no3)c2-c2ccncc21. The molecule has 3 aromatic heterocycles. The van der Waals surface area contributed by atoms with E-state index in [0.717, 1.165) is 35.5 Å². The molecule has 4 heterocycles. The Hall–Kier alpha value is -3.32. The van der Waals surface area contributed by atoms with Gasteiger partial charge in [-0.25, -0.2) is 0 Å². The molecule has 0 bridgehead atoms. The van der Waals surface area contributed by atoms with Crippen LogP contribution in [0.25, 0.3) is 34.1 Å². The molecule has 1 aromatic carbocycles. The van der Waals surface area contributed by atoms with E-state index in [4.69, 9.17) is 4.52 Å². The van der Waals surface area contributed by atoms with Crippen molar-refractivity contribution >= 4 is 0 Å². The summed E-state index contributed by atoms with van der Waals surface area (Å²) < 4.78 is 7.64. The Morgan fingerprint density at radius 3 is 2.72 bits per heavy atom. The first-order valence-electron chi connectivity index (χ1n) is 9.68. The van der Waals surface area contributed by atoms with Gasteiger partial charge in [-0.3, -0.25) is 9.67 Å². The van der Waals surface area contributed by atoms with E-state index >= 15 is 0 Å². The molecule has 5 rings (SSSR count). The van der Waals surface area contributed by atoms with E-state index in [1.165, 1.54) is 11.1 Å². The van der Waals surface area contributed by atoms with Crippen LogP contribution in [0.3, 0.4) is 0 Å². The molecule has 0 saturated heterocycles. The van der Waals surface area contributed by atoms with Crippen molar-refractivity contribution in [1.82, 2.24) is 29.8 Å². The summed E-state index contributed by atoms with van der Waals surface area (Å²) in [5.41, 5.74) is 6.38. The molecule has 146 valence electrons. The third kappa shape index (κ3) is 3.13. The maximum atomic E-state index is 5.63. The molecule has 0 fully saturated rings. The number of hydrogen-bond acceptors (Lipinski definition) is 6. The molecule has 0 N–H and O–H groups in total. The van der Waals surface area contributed by atoms with Crippen LogP contribution in [0.15, 0.2) is 53.4 Å². The summed E-state index contributed by atoms with van der Waals surface area (Å²) in [6, 6.07) is 10.3. The first-order chi connectivity index (χ1) is 14.1.